The molecule has 2 N–H and O–H groups in total. The van der Waals surface area contributed by atoms with Gasteiger partial charge in [-0.2, -0.15) is 0 Å². The molecule has 166 valence electrons. The quantitative estimate of drug-likeness (QED) is 0.316. The first-order chi connectivity index (χ1) is 14.1. The minimum Gasteiger partial charge on any atom is -0.379 e. The van der Waals surface area contributed by atoms with Gasteiger partial charge in [-0.1, -0.05) is 29.8 Å². The van der Waals surface area contributed by atoms with E-state index in [0.717, 1.165) is 56.1 Å². The summed E-state index contributed by atoms with van der Waals surface area (Å²) in [5.41, 5.74) is 3.71. The number of nitrogens with zero attached hydrogens (tertiary/aromatic N) is 3. The number of aliphatic imine (C=N–C) groups is 1. The SMILES string of the molecule is CCNC(=NCc1sc(C)nc1C)NCC(c1cccc(C)c1)N1CCOCC1.I. The molecule has 0 bridgehead atoms. The molecule has 2 heterocycles. The summed E-state index contributed by atoms with van der Waals surface area (Å²) in [7, 11) is 0. The monoisotopic (exact) mass is 543 g/mol. The summed E-state index contributed by atoms with van der Waals surface area (Å²) in [6, 6.07) is 9.09. The lowest BCUT2D eigenvalue weighted by molar-refractivity contribution is 0.0170. The first kappa shape index (κ1) is 25.0. The molecule has 1 fully saturated rings. The molecule has 6 nitrogen and oxygen atoms in total. The number of rotatable bonds is 7. The number of morpholine rings is 1. The molecule has 1 aliphatic rings. The average molecular weight is 544 g/mol. The standard InChI is InChI=1S/C22H33N5OS.HI/c1-5-23-22(25-15-21-17(3)26-18(4)29-21)24-14-20(27-9-11-28-12-10-27)19-8-6-7-16(2)13-19;/h6-8,13,20H,5,9-12,14-15H2,1-4H3,(H2,23,24,25);1H. The van der Waals surface area contributed by atoms with Gasteiger partial charge in [-0.15, -0.1) is 35.3 Å². The number of nitrogens with one attached hydrogen (secondary N) is 2. The number of ether oxygens (including phenoxy) is 1. The van der Waals surface area contributed by atoms with Gasteiger partial charge in [0.25, 0.3) is 0 Å². The third-order valence-corrected chi connectivity index (χ3v) is 6.16. The van der Waals surface area contributed by atoms with Gasteiger partial charge in [0.1, 0.15) is 0 Å². The van der Waals surface area contributed by atoms with Gasteiger partial charge < -0.3 is 15.4 Å². The van der Waals surface area contributed by atoms with Crippen molar-refractivity contribution in [2.24, 2.45) is 4.99 Å². The van der Waals surface area contributed by atoms with E-state index in [0.29, 0.717) is 6.54 Å². The van der Waals surface area contributed by atoms with Gasteiger partial charge in [0, 0.05) is 31.1 Å². The summed E-state index contributed by atoms with van der Waals surface area (Å²) in [5.74, 6) is 0.851. The predicted molar refractivity (Wildman–Crippen MR) is 136 cm³/mol. The van der Waals surface area contributed by atoms with E-state index < -0.39 is 0 Å². The molecular weight excluding hydrogens is 509 g/mol. The minimum absolute atomic E-state index is 0. The van der Waals surface area contributed by atoms with Crippen molar-refractivity contribution in [2.75, 3.05) is 39.4 Å². The zero-order chi connectivity index (χ0) is 20.6. The third-order valence-electron chi connectivity index (χ3n) is 5.10. The van der Waals surface area contributed by atoms with Gasteiger partial charge in [0.2, 0.25) is 0 Å². The second-order valence-corrected chi connectivity index (χ2v) is 8.68. The molecule has 1 aliphatic heterocycles. The van der Waals surface area contributed by atoms with Crippen LogP contribution in [-0.4, -0.2) is 55.2 Å². The Kier molecular flexibility index (Phi) is 10.5. The van der Waals surface area contributed by atoms with Crippen LogP contribution in [0.25, 0.3) is 0 Å². The van der Waals surface area contributed by atoms with Crippen LogP contribution < -0.4 is 10.6 Å². The Morgan fingerprint density at radius 3 is 2.63 bits per heavy atom. The minimum atomic E-state index is 0. The van der Waals surface area contributed by atoms with Crippen LogP contribution in [0.4, 0.5) is 0 Å². The molecule has 0 amide bonds. The molecule has 3 rings (SSSR count). The van der Waals surface area contributed by atoms with E-state index in [1.807, 2.05) is 6.92 Å². The van der Waals surface area contributed by atoms with Crippen molar-refractivity contribution in [2.45, 2.75) is 40.3 Å². The van der Waals surface area contributed by atoms with Crippen molar-refractivity contribution in [3.8, 4) is 0 Å². The van der Waals surface area contributed by atoms with Crippen LogP contribution in [0.5, 0.6) is 0 Å². The zero-order valence-electron chi connectivity index (χ0n) is 18.4. The van der Waals surface area contributed by atoms with Crippen LogP contribution in [-0.2, 0) is 11.3 Å². The summed E-state index contributed by atoms with van der Waals surface area (Å²) >= 11 is 1.72. The number of aromatic nitrogens is 1. The summed E-state index contributed by atoms with van der Waals surface area (Å²) in [5, 5.41) is 8.05. The number of aryl methyl sites for hydroxylation is 3. The van der Waals surface area contributed by atoms with E-state index >= 15 is 0 Å². The number of benzene rings is 1. The molecule has 8 heteroatoms. The Balaban J connectivity index is 0.00000320. The molecule has 0 radical (unpaired) electrons. The second kappa shape index (κ2) is 12.6. The fraction of sp³-hybridized carbons (Fsp3) is 0.545. The lowest BCUT2D eigenvalue weighted by atomic mass is 10.0. The third kappa shape index (κ3) is 7.18. The number of guanidine groups is 1. The summed E-state index contributed by atoms with van der Waals surface area (Å²) in [6.45, 7) is 14.1. The first-order valence-corrected chi connectivity index (χ1v) is 11.2. The Labute approximate surface area is 201 Å². The Morgan fingerprint density at radius 2 is 2.00 bits per heavy atom. The molecular formula is C22H34IN5OS. The van der Waals surface area contributed by atoms with Crippen LogP contribution in [0.15, 0.2) is 29.3 Å². The maximum atomic E-state index is 5.57. The maximum absolute atomic E-state index is 5.57. The second-order valence-electron chi connectivity index (χ2n) is 7.40. The molecule has 2 aromatic rings. The molecule has 0 saturated carbocycles. The van der Waals surface area contributed by atoms with Crippen LogP contribution in [0, 0.1) is 20.8 Å². The largest absolute Gasteiger partial charge is 0.379 e. The Bertz CT molecular complexity index is 820. The smallest absolute Gasteiger partial charge is 0.191 e. The van der Waals surface area contributed by atoms with E-state index in [-0.39, 0.29) is 30.0 Å². The zero-order valence-corrected chi connectivity index (χ0v) is 21.5. The number of halogens is 1. The van der Waals surface area contributed by atoms with Crippen molar-refractivity contribution in [1.29, 1.82) is 0 Å². The lowest BCUT2D eigenvalue weighted by Gasteiger charge is -2.35. The lowest BCUT2D eigenvalue weighted by Crippen LogP contribution is -2.46. The van der Waals surface area contributed by atoms with Gasteiger partial charge in [0.05, 0.1) is 36.5 Å². The fourth-order valence-corrected chi connectivity index (χ4v) is 4.49. The molecule has 1 unspecified atom stereocenters. The number of hydrogen-bond acceptors (Lipinski definition) is 5. The molecule has 1 aromatic heterocycles. The molecule has 1 saturated heterocycles. The molecule has 0 spiro atoms. The van der Waals surface area contributed by atoms with E-state index in [1.54, 1.807) is 11.3 Å². The fourth-order valence-electron chi connectivity index (χ4n) is 3.63. The summed E-state index contributed by atoms with van der Waals surface area (Å²) in [6.07, 6.45) is 0. The summed E-state index contributed by atoms with van der Waals surface area (Å²) in [4.78, 5) is 13.0. The maximum Gasteiger partial charge on any atom is 0.191 e. The highest BCUT2D eigenvalue weighted by Crippen LogP contribution is 2.22. The topological polar surface area (TPSA) is 61.8 Å². The summed E-state index contributed by atoms with van der Waals surface area (Å²) < 4.78 is 5.57. The predicted octanol–water partition coefficient (Wildman–Crippen LogP) is 3.81. The van der Waals surface area contributed by atoms with E-state index in [2.05, 4.69) is 65.6 Å². The molecule has 1 aromatic carbocycles. The Hall–Kier alpha value is -1.23. The number of thiazole rings is 1. The van der Waals surface area contributed by atoms with Gasteiger partial charge >= 0.3 is 0 Å². The van der Waals surface area contributed by atoms with E-state index in [1.165, 1.54) is 16.0 Å². The van der Waals surface area contributed by atoms with Crippen molar-refractivity contribution < 1.29 is 4.74 Å². The molecule has 1 atom stereocenters. The van der Waals surface area contributed by atoms with Crippen molar-refractivity contribution in [1.82, 2.24) is 20.5 Å². The number of hydrogen-bond donors (Lipinski definition) is 2. The van der Waals surface area contributed by atoms with Crippen molar-refractivity contribution in [3.63, 3.8) is 0 Å². The highest BCUT2D eigenvalue weighted by molar-refractivity contribution is 14.0. The Morgan fingerprint density at radius 1 is 1.23 bits per heavy atom. The van der Waals surface area contributed by atoms with Crippen LogP contribution in [0.1, 0.15) is 39.7 Å². The van der Waals surface area contributed by atoms with Crippen LogP contribution in [0.2, 0.25) is 0 Å². The van der Waals surface area contributed by atoms with E-state index in [4.69, 9.17) is 9.73 Å². The van der Waals surface area contributed by atoms with Gasteiger partial charge in [-0.05, 0) is 33.3 Å². The average Bonchev–Trinajstić information content (AvgIpc) is 3.04. The van der Waals surface area contributed by atoms with Crippen LogP contribution in [0.3, 0.4) is 0 Å². The van der Waals surface area contributed by atoms with Crippen LogP contribution >= 0.6 is 35.3 Å². The van der Waals surface area contributed by atoms with Gasteiger partial charge in [-0.25, -0.2) is 9.98 Å². The van der Waals surface area contributed by atoms with Crippen molar-refractivity contribution >= 4 is 41.3 Å². The highest BCUT2D eigenvalue weighted by atomic mass is 127. The highest BCUT2D eigenvalue weighted by Gasteiger charge is 2.23. The van der Waals surface area contributed by atoms with E-state index in [9.17, 15) is 0 Å². The van der Waals surface area contributed by atoms with Crippen molar-refractivity contribution in [3.05, 3.63) is 51.0 Å². The van der Waals surface area contributed by atoms with Gasteiger partial charge in [-0.3, -0.25) is 4.90 Å². The normalized spacial score (nSPS) is 16.1. The molecule has 30 heavy (non-hydrogen) atoms. The van der Waals surface area contributed by atoms with Gasteiger partial charge in [0.15, 0.2) is 5.96 Å². The first-order valence-electron chi connectivity index (χ1n) is 10.4. The molecule has 0 aliphatic carbocycles.